The van der Waals surface area contributed by atoms with E-state index < -0.39 is 0 Å². The summed E-state index contributed by atoms with van der Waals surface area (Å²) in [6.07, 6.45) is 2.01. The number of hydrogen-bond donors (Lipinski definition) is 0. The minimum absolute atomic E-state index is 0.120. The molecular formula is C12H11N3O2. The SMILES string of the molecule is CC1CC(n2nnc3ccccc32)=CC(=O)O1. The zero-order valence-corrected chi connectivity index (χ0v) is 9.33. The molecule has 0 aliphatic carbocycles. The summed E-state index contributed by atoms with van der Waals surface area (Å²) < 4.78 is 6.75. The van der Waals surface area contributed by atoms with E-state index in [9.17, 15) is 4.79 Å². The molecule has 5 heteroatoms. The fourth-order valence-corrected chi connectivity index (χ4v) is 1.99. The maximum absolute atomic E-state index is 11.4. The lowest BCUT2D eigenvalue weighted by Gasteiger charge is -2.19. The topological polar surface area (TPSA) is 57.0 Å². The number of ether oxygens (including phenoxy) is 1. The van der Waals surface area contributed by atoms with Gasteiger partial charge >= 0.3 is 5.97 Å². The highest BCUT2D eigenvalue weighted by Crippen LogP contribution is 2.22. The Morgan fingerprint density at radius 1 is 1.41 bits per heavy atom. The molecule has 1 aromatic carbocycles. The van der Waals surface area contributed by atoms with Crippen LogP contribution in [0.1, 0.15) is 13.3 Å². The number of para-hydroxylation sites is 1. The summed E-state index contributed by atoms with van der Waals surface area (Å²) in [5.41, 5.74) is 2.54. The minimum Gasteiger partial charge on any atom is -0.459 e. The summed E-state index contributed by atoms with van der Waals surface area (Å²) in [5, 5.41) is 8.14. The molecule has 0 bridgehead atoms. The fraction of sp³-hybridized carbons (Fsp3) is 0.250. The van der Waals surface area contributed by atoms with Crippen LogP contribution in [0.2, 0.25) is 0 Å². The molecule has 2 aromatic rings. The third-order valence-corrected chi connectivity index (χ3v) is 2.72. The molecular weight excluding hydrogens is 218 g/mol. The van der Waals surface area contributed by atoms with E-state index in [4.69, 9.17) is 4.74 Å². The standard InChI is InChI=1S/C12H11N3O2/c1-8-6-9(7-12(16)17-8)15-11-5-3-2-4-10(11)13-14-15/h2-5,7-8H,6H2,1H3. The molecule has 3 rings (SSSR count). The van der Waals surface area contributed by atoms with E-state index in [-0.39, 0.29) is 12.1 Å². The Kier molecular flexibility index (Phi) is 2.18. The van der Waals surface area contributed by atoms with Crippen molar-refractivity contribution in [3.63, 3.8) is 0 Å². The van der Waals surface area contributed by atoms with Crippen LogP contribution in [0.15, 0.2) is 30.3 Å². The van der Waals surface area contributed by atoms with Crippen molar-refractivity contribution in [2.24, 2.45) is 0 Å². The maximum atomic E-state index is 11.4. The van der Waals surface area contributed by atoms with Gasteiger partial charge in [-0.1, -0.05) is 17.3 Å². The van der Waals surface area contributed by atoms with Crippen LogP contribution in [-0.2, 0) is 9.53 Å². The Labute approximate surface area is 97.7 Å². The molecule has 1 unspecified atom stereocenters. The molecule has 1 aromatic heterocycles. The first kappa shape index (κ1) is 10.0. The number of rotatable bonds is 1. The summed E-state index contributed by atoms with van der Waals surface area (Å²) in [5.74, 6) is -0.321. The maximum Gasteiger partial charge on any atom is 0.332 e. The van der Waals surface area contributed by atoms with Crippen LogP contribution >= 0.6 is 0 Å². The second-order valence-electron chi connectivity index (χ2n) is 4.08. The molecule has 1 aliphatic heterocycles. The number of carbonyl (C=O) groups is 1. The molecule has 0 saturated heterocycles. The van der Waals surface area contributed by atoms with Crippen molar-refractivity contribution >= 4 is 22.7 Å². The molecule has 0 N–H and O–H groups in total. The van der Waals surface area contributed by atoms with Crippen molar-refractivity contribution in [2.75, 3.05) is 0 Å². The zero-order chi connectivity index (χ0) is 11.8. The van der Waals surface area contributed by atoms with Gasteiger partial charge in [0.1, 0.15) is 11.6 Å². The average molecular weight is 229 g/mol. The van der Waals surface area contributed by atoms with Crippen LogP contribution in [0.4, 0.5) is 0 Å². The predicted octanol–water partition coefficient (Wildman–Crippen LogP) is 1.61. The summed E-state index contributed by atoms with van der Waals surface area (Å²) in [7, 11) is 0. The number of nitrogens with zero attached hydrogens (tertiary/aromatic N) is 3. The van der Waals surface area contributed by atoms with Crippen molar-refractivity contribution in [1.29, 1.82) is 0 Å². The van der Waals surface area contributed by atoms with Crippen LogP contribution in [-0.4, -0.2) is 27.1 Å². The Morgan fingerprint density at radius 2 is 2.24 bits per heavy atom. The van der Waals surface area contributed by atoms with Gasteiger partial charge in [-0.3, -0.25) is 0 Å². The molecule has 0 spiro atoms. The van der Waals surface area contributed by atoms with Crippen LogP contribution < -0.4 is 0 Å². The van der Waals surface area contributed by atoms with Crippen LogP contribution in [0.3, 0.4) is 0 Å². The lowest BCUT2D eigenvalue weighted by Crippen LogP contribution is -2.21. The summed E-state index contributed by atoms with van der Waals surface area (Å²) in [6, 6.07) is 7.66. The minimum atomic E-state index is -0.321. The first-order chi connectivity index (χ1) is 8.24. The highest BCUT2D eigenvalue weighted by molar-refractivity contribution is 5.91. The largest absolute Gasteiger partial charge is 0.459 e. The molecule has 0 radical (unpaired) electrons. The van der Waals surface area contributed by atoms with Crippen molar-refractivity contribution in [1.82, 2.24) is 15.0 Å². The second kappa shape index (κ2) is 3.69. The number of cyclic esters (lactones) is 1. The fourth-order valence-electron chi connectivity index (χ4n) is 1.99. The van der Waals surface area contributed by atoms with Gasteiger partial charge in [0.15, 0.2) is 0 Å². The van der Waals surface area contributed by atoms with Crippen molar-refractivity contribution in [3.05, 3.63) is 30.3 Å². The van der Waals surface area contributed by atoms with E-state index >= 15 is 0 Å². The molecule has 86 valence electrons. The van der Waals surface area contributed by atoms with Crippen LogP contribution in [0.5, 0.6) is 0 Å². The number of hydrogen-bond acceptors (Lipinski definition) is 4. The van der Waals surface area contributed by atoms with Gasteiger partial charge in [-0.2, -0.15) is 0 Å². The van der Waals surface area contributed by atoms with Crippen LogP contribution in [0, 0.1) is 0 Å². The highest BCUT2D eigenvalue weighted by atomic mass is 16.5. The van der Waals surface area contributed by atoms with E-state index in [2.05, 4.69) is 10.3 Å². The number of esters is 1. The molecule has 1 atom stereocenters. The summed E-state index contributed by atoms with van der Waals surface area (Å²) in [6.45, 7) is 1.87. The van der Waals surface area contributed by atoms with E-state index in [1.807, 2.05) is 31.2 Å². The smallest absolute Gasteiger partial charge is 0.332 e. The van der Waals surface area contributed by atoms with Gasteiger partial charge in [0, 0.05) is 12.5 Å². The molecule has 0 fully saturated rings. The first-order valence-electron chi connectivity index (χ1n) is 5.46. The quantitative estimate of drug-likeness (QED) is 0.697. The van der Waals surface area contributed by atoms with E-state index in [0.29, 0.717) is 6.42 Å². The Morgan fingerprint density at radius 3 is 3.06 bits per heavy atom. The lowest BCUT2D eigenvalue weighted by atomic mass is 10.1. The van der Waals surface area contributed by atoms with Gasteiger partial charge in [-0.15, -0.1) is 5.10 Å². The highest BCUT2D eigenvalue weighted by Gasteiger charge is 2.20. The number of aromatic nitrogens is 3. The summed E-state index contributed by atoms with van der Waals surface area (Å²) in [4.78, 5) is 11.4. The third-order valence-electron chi connectivity index (χ3n) is 2.72. The van der Waals surface area contributed by atoms with E-state index in [0.717, 1.165) is 16.7 Å². The number of fused-ring (bicyclic) bond motifs is 1. The van der Waals surface area contributed by atoms with Gasteiger partial charge in [-0.25, -0.2) is 9.48 Å². The van der Waals surface area contributed by atoms with Gasteiger partial charge < -0.3 is 4.74 Å². The summed E-state index contributed by atoms with van der Waals surface area (Å²) >= 11 is 0. The Balaban J connectivity index is 2.12. The third kappa shape index (κ3) is 1.69. The molecule has 0 amide bonds. The Hall–Kier alpha value is -2.17. The Bertz CT molecular complexity index is 615. The number of carbonyl (C=O) groups excluding carboxylic acids is 1. The van der Waals surface area contributed by atoms with E-state index in [1.54, 1.807) is 4.68 Å². The average Bonchev–Trinajstić information content (AvgIpc) is 2.71. The lowest BCUT2D eigenvalue weighted by molar-refractivity contribution is -0.142. The van der Waals surface area contributed by atoms with Crippen molar-refractivity contribution in [3.8, 4) is 0 Å². The molecule has 2 heterocycles. The number of benzene rings is 1. The molecule has 0 saturated carbocycles. The monoisotopic (exact) mass is 229 g/mol. The van der Waals surface area contributed by atoms with Gasteiger partial charge in [0.2, 0.25) is 0 Å². The van der Waals surface area contributed by atoms with Crippen molar-refractivity contribution in [2.45, 2.75) is 19.4 Å². The molecule has 1 aliphatic rings. The normalized spacial score (nSPS) is 20.2. The zero-order valence-electron chi connectivity index (χ0n) is 9.33. The second-order valence-corrected chi connectivity index (χ2v) is 4.08. The first-order valence-corrected chi connectivity index (χ1v) is 5.46. The molecule has 17 heavy (non-hydrogen) atoms. The van der Waals surface area contributed by atoms with E-state index in [1.165, 1.54) is 6.08 Å². The van der Waals surface area contributed by atoms with Gasteiger partial charge in [0.25, 0.3) is 0 Å². The van der Waals surface area contributed by atoms with Gasteiger partial charge in [0.05, 0.1) is 11.2 Å². The van der Waals surface area contributed by atoms with Crippen molar-refractivity contribution < 1.29 is 9.53 Å². The predicted molar refractivity (Wildman–Crippen MR) is 62.0 cm³/mol. The molecule has 5 nitrogen and oxygen atoms in total. The van der Waals surface area contributed by atoms with Crippen LogP contribution in [0.25, 0.3) is 16.7 Å². The van der Waals surface area contributed by atoms with Gasteiger partial charge in [-0.05, 0) is 19.1 Å².